The maximum absolute atomic E-state index is 12.7. The van der Waals surface area contributed by atoms with Crippen LogP contribution in [0.4, 0.5) is 0 Å². The Morgan fingerprint density at radius 2 is 0.921 bits per heavy atom. The third-order valence-corrected chi connectivity index (χ3v) is 16.1. The van der Waals surface area contributed by atoms with Crippen LogP contribution in [-0.2, 0) is 85.6 Å². The van der Waals surface area contributed by atoms with Crippen LogP contribution in [0, 0.1) is 5.92 Å². The first kappa shape index (κ1) is 77.9. The minimum atomic E-state index is -1.93. The molecule has 4 aliphatic rings. The fraction of sp³-hybridized carbons (Fsp3) is 0.905. The van der Waals surface area contributed by atoms with Crippen LogP contribution < -0.4 is 5.32 Å². The van der Waals surface area contributed by atoms with Crippen LogP contribution in [0.25, 0.3) is 0 Å². The van der Waals surface area contributed by atoms with Crippen LogP contribution >= 0.6 is 0 Å². The first-order valence-electron chi connectivity index (χ1n) is 32.7. The molecule has 26 heteroatoms. The van der Waals surface area contributed by atoms with E-state index in [1.807, 2.05) is 13.8 Å². The highest BCUT2D eigenvalue weighted by atomic mass is 16.8. The van der Waals surface area contributed by atoms with Crippen molar-refractivity contribution in [2.75, 3.05) is 53.6 Å². The van der Waals surface area contributed by atoms with Crippen molar-refractivity contribution >= 4 is 35.6 Å². The van der Waals surface area contributed by atoms with E-state index >= 15 is 0 Å². The Bertz CT molecular complexity index is 2040. The van der Waals surface area contributed by atoms with E-state index in [2.05, 4.69) is 24.3 Å². The summed E-state index contributed by atoms with van der Waals surface area (Å²) >= 11 is 0. The lowest BCUT2D eigenvalue weighted by Crippen LogP contribution is -2.64. The number of aliphatic hydroxyl groups is 6. The molecule has 0 bridgehead atoms. The zero-order chi connectivity index (χ0) is 65.4. The molecule has 4 fully saturated rings. The predicted octanol–water partition coefficient (Wildman–Crippen LogP) is 4.11. The molecule has 89 heavy (non-hydrogen) atoms. The molecule has 0 radical (unpaired) electrons. The summed E-state index contributed by atoms with van der Waals surface area (Å²) in [5.41, 5.74) is 0. The Kier molecular flexibility index (Phi) is 37.3. The van der Waals surface area contributed by atoms with Crippen molar-refractivity contribution < 1.29 is 116 Å². The van der Waals surface area contributed by atoms with Gasteiger partial charge in [0.15, 0.2) is 49.6 Å². The van der Waals surface area contributed by atoms with Crippen LogP contribution in [0.15, 0.2) is 0 Å². The van der Waals surface area contributed by atoms with Crippen molar-refractivity contribution in [1.82, 2.24) is 10.2 Å². The summed E-state index contributed by atoms with van der Waals surface area (Å²) in [7, 11) is 4.16. The average Bonchev–Trinajstić information content (AvgIpc) is 3.10. The molecule has 18 atom stereocenters. The second-order valence-electron chi connectivity index (χ2n) is 25.0. The highest BCUT2D eigenvalue weighted by Crippen LogP contribution is 2.34. The second-order valence-corrected chi connectivity index (χ2v) is 25.0. The lowest BCUT2D eigenvalue weighted by molar-refractivity contribution is -0.379. The van der Waals surface area contributed by atoms with Gasteiger partial charge < -0.3 is 97.7 Å². The van der Waals surface area contributed by atoms with Crippen molar-refractivity contribution in [3.05, 3.63) is 0 Å². The number of ether oxygens (including phenoxy) is 12. The van der Waals surface area contributed by atoms with Crippen molar-refractivity contribution in [2.45, 2.75) is 306 Å². The number of hydrogen-bond donors (Lipinski definition) is 7. The molecule has 26 nitrogen and oxygen atoms in total. The van der Waals surface area contributed by atoms with Gasteiger partial charge in [0, 0.05) is 53.5 Å². The Balaban J connectivity index is 1.24. The zero-order valence-corrected chi connectivity index (χ0v) is 54.2. The van der Waals surface area contributed by atoms with Gasteiger partial charge in [-0.25, -0.2) is 0 Å². The van der Waals surface area contributed by atoms with E-state index in [0.29, 0.717) is 44.3 Å². The lowest BCUT2D eigenvalue weighted by Gasteiger charge is -2.47. The summed E-state index contributed by atoms with van der Waals surface area (Å²) in [6.07, 6.45) is -4.94. The highest BCUT2D eigenvalue weighted by Gasteiger charge is 2.54. The van der Waals surface area contributed by atoms with E-state index in [9.17, 15) is 59.4 Å². The monoisotopic (exact) mass is 1280 g/mol. The van der Waals surface area contributed by atoms with Crippen LogP contribution in [0.3, 0.4) is 0 Å². The quantitative estimate of drug-likeness (QED) is 0.0256. The molecular formula is C63H110N2O24. The summed E-state index contributed by atoms with van der Waals surface area (Å²) < 4.78 is 69.5. The van der Waals surface area contributed by atoms with E-state index in [4.69, 9.17) is 56.8 Å². The first-order chi connectivity index (χ1) is 42.4. The Labute approximate surface area is 526 Å². The molecule has 7 N–H and O–H groups in total. The van der Waals surface area contributed by atoms with Gasteiger partial charge in [0.05, 0.1) is 38.6 Å². The molecule has 0 aliphatic carbocycles. The largest absolute Gasteiger partial charge is 0.457 e. The summed E-state index contributed by atoms with van der Waals surface area (Å²) in [6.45, 7) is 8.38. The maximum Gasteiger partial charge on any atom is 0.303 e. The smallest absolute Gasteiger partial charge is 0.303 e. The van der Waals surface area contributed by atoms with E-state index in [-0.39, 0.29) is 11.8 Å². The molecule has 4 aliphatic heterocycles. The molecule has 0 aromatic heterocycles. The van der Waals surface area contributed by atoms with E-state index in [0.717, 1.165) is 118 Å². The zero-order valence-electron chi connectivity index (χ0n) is 54.2. The molecule has 0 aromatic rings. The summed E-state index contributed by atoms with van der Waals surface area (Å²) in [6, 6.07) is 0. The van der Waals surface area contributed by atoms with E-state index in [1.54, 1.807) is 0 Å². The Hall–Kier alpha value is -3.58. The van der Waals surface area contributed by atoms with Crippen molar-refractivity contribution in [3.8, 4) is 0 Å². The van der Waals surface area contributed by atoms with Crippen LogP contribution in [-0.4, -0.2) is 235 Å². The van der Waals surface area contributed by atoms with Crippen LogP contribution in [0.1, 0.15) is 196 Å². The molecule has 0 saturated carbocycles. The molecule has 4 rings (SSSR count). The average molecular weight is 1280 g/mol. The number of unbranched alkanes of at least 4 members (excludes halogenated alkanes) is 16. The first-order valence-corrected chi connectivity index (χ1v) is 32.7. The van der Waals surface area contributed by atoms with Gasteiger partial charge in [-0.1, -0.05) is 104 Å². The number of nitrogens with zero attached hydrogens (tertiary/aromatic N) is 1. The highest BCUT2D eigenvalue weighted by molar-refractivity contribution is 5.78. The molecule has 1 amide bonds. The third-order valence-electron chi connectivity index (χ3n) is 16.1. The minimum Gasteiger partial charge on any atom is -0.457 e. The maximum atomic E-state index is 12.7. The van der Waals surface area contributed by atoms with E-state index < -0.39 is 161 Å². The van der Waals surface area contributed by atoms with Gasteiger partial charge in [-0.15, -0.1) is 0 Å². The number of carbonyl (C=O) groups is 6. The fourth-order valence-corrected chi connectivity index (χ4v) is 11.4. The molecule has 516 valence electrons. The number of rotatable bonds is 43. The number of amides is 1. The van der Waals surface area contributed by atoms with E-state index in [1.165, 1.54) is 38.5 Å². The number of carbonyl (C=O) groups excluding carboxylic acids is 6. The van der Waals surface area contributed by atoms with Gasteiger partial charge in [0.1, 0.15) is 54.6 Å². The third kappa shape index (κ3) is 29.5. The molecule has 4 heterocycles. The number of nitrogens with one attached hydrogen (secondary N) is 1. The number of esters is 4. The molecule has 0 aromatic carbocycles. The Morgan fingerprint density at radius 1 is 0.472 bits per heavy atom. The van der Waals surface area contributed by atoms with Crippen molar-refractivity contribution in [1.29, 1.82) is 0 Å². The molecule has 18 unspecified atom stereocenters. The number of hydrogen-bond acceptors (Lipinski definition) is 25. The number of ketones is 1. The van der Waals surface area contributed by atoms with Crippen molar-refractivity contribution in [3.63, 3.8) is 0 Å². The number of aliphatic hydroxyl groups excluding tert-OH is 6. The van der Waals surface area contributed by atoms with Crippen LogP contribution in [0.2, 0.25) is 0 Å². The fourth-order valence-electron chi connectivity index (χ4n) is 11.4. The minimum absolute atomic E-state index is 0.000594. The van der Waals surface area contributed by atoms with Gasteiger partial charge in [0.25, 0.3) is 0 Å². The molecule has 0 spiro atoms. The summed E-state index contributed by atoms with van der Waals surface area (Å²) in [4.78, 5) is 75.0. The summed E-state index contributed by atoms with van der Waals surface area (Å²) in [5.74, 6) is -2.67. The van der Waals surface area contributed by atoms with Crippen molar-refractivity contribution in [2.24, 2.45) is 5.92 Å². The lowest BCUT2D eigenvalue weighted by atomic mass is 9.96. The SMILES string of the molecule is CC(=O)OC1COC(OC2C(OC(CC(C)C)C(O)CCCCCCCC(=O)CCCCCCCCCCCCCC(=O)NCCCCCN(C)C)OCC(O)C2OC2OCC(OC3OCC(OC(C)=O)C(OC(C)=O)C3OC(C)=O)C(O)C2O)C(O)C1O. The van der Waals surface area contributed by atoms with Gasteiger partial charge in [0.2, 0.25) is 5.91 Å². The standard InChI is InChI=1S/C63H110N2O24/c1-39(2)34-47(45(71)30-24-19-16-18-23-29-44(70)28-22-17-14-12-10-9-11-13-15-20-25-31-51(73)64-32-26-21-27-33-65(7)8)86-62-58(89-61-54(76)52(74)48(36-79-61)82-40(3)66)56(46(72)35-78-62)88-60-55(77)53(75)49(37-80-60)87-63-59(85-43(6)69)57(84-42(5)68)50(38-81-63)83-41(4)67/h39,45-50,52-63,71-72,74-77H,9-38H2,1-8H3,(H,64,73). The molecular weight excluding hydrogens is 1170 g/mol. The second kappa shape index (κ2) is 42.6. The topological polar surface area (TPSA) is 350 Å². The van der Waals surface area contributed by atoms with Crippen LogP contribution in [0.5, 0.6) is 0 Å². The normalized spacial score (nSPS) is 29.7. The van der Waals surface area contributed by atoms with Gasteiger partial charge in [-0.05, 0) is 71.5 Å². The number of Topliss-reactive ketones (excluding diaryl/α,β-unsaturated/α-hetero) is 1. The Morgan fingerprint density at radius 3 is 1.47 bits per heavy atom. The van der Waals surface area contributed by atoms with Gasteiger partial charge >= 0.3 is 23.9 Å². The predicted molar refractivity (Wildman–Crippen MR) is 319 cm³/mol. The van der Waals surface area contributed by atoms with Gasteiger partial charge in [-0.2, -0.15) is 0 Å². The van der Waals surface area contributed by atoms with Gasteiger partial charge in [-0.3, -0.25) is 28.8 Å². The summed E-state index contributed by atoms with van der Waals surface area (Å²) in [5, 5.41) is 71.5. The molecule has 4 saturated heterocycles.